The molecule has 0 saturated carbocycles. The zero-order chi connectivity index (χ0) is 22.6. The van der Waals surface area contributed by atoms with Crippen molar-refractivity contribution >= 4 is 11.6 Å². The van der Waals surface area contributed by atoms with Gasteiger partial charge >= 0.3 is 0 Å². The van der Waals surface area contributed by atoms with Crippen molar-refractivity contribution < 1.29 is 14.2 Å². The predicted octanol–water partition coefficient (Wildman–Crippen LogP) is 4.14. The van der Waals surface area contributed by atoms with Crippen LogP contribution in [0, 0.1) is 0 Å². The Kier molecular flexibility index (Phi) is 6.17. The zero-order valence-electron chi connectivity index (χ0n) is 18.6. The molecule has 1 unspecified atom stereocenters. The molecular weight excluding hydrogens is 418 g/mol. The number of hydrogen-bond donors (Lipinski definition) is 1. The summed E-state index contributed by atoms with van der Waals surface area (Å²) in [5.41, 5.74) is 3.55. The van der Waals surface area contributed by atoms with Crippen LogP contribution in [0.1, 0.15) is 59.8 Å². The van der Waals surface area contributed by atoms with Crippen molar-refractivity contribution in [1.82, 2.24) is 20.4 Å². The van der Waals surface area contributed by atoms with E-state index in [0.29, 0.717) is 30.2 Å². The molecule has 0 radical (unpaired) electrons. The number of likely N-dealkylation sites (tertiary alicyclic amines) is 1. The van der Waals surface area contributed by atoms with Crippen molar-refractivity contribution in [2.45, 2.75) is 37.8 Å². The fourth-order valence-corrected chi connectivity index (χ4v) is 4.53. The van der Waals surface area contributed by atoms with Gasteiger partial charge in [0.1, 0.15) is 13.2 Å². The summed E-state index contributed by atoms with van der Waals surface area (Å²) in [5, 5.41) is 11.7. The van der Waals surface area contributed by atoms with Gasteiger partial charge in [0.15, 0.2) is 5.82 Å². The number of benzene rings is 2. The summed E-state index contributed by atoms with van der Waals surface area (Å²) < 4.78 is 5.63. The van der Waals surface area contributed by atoms with Crippen LogP contribution in [0.3, 0.4) is 0 Å². The Morgan fingerprint density at radius 1 is 1.12 bits per heavy atom. The largest absolute Gasteiger partial charge is 0.399 e. The predicted molar refractivity (Wildman–Crippen MR) is 124 cm³/mol. The molecule has 2 atom stereocenters. The molecule has 0 spiro atoms. The highest BCUT2D eigenvalue weighted by Crippen LogP contribution is 2.33. The standard InChI is InChI=1S/C25H27N5O3/c1-32-28-20-15-22(24-27-23(29-33-24)21-9-5-6-14-26-21)30(16-20)25(31)19-12-10-18(11-13-19)17-7-3-2-4-8-17/h2-4,7-8,10-13,21-22,26H,5-6,9,14-16H2,1H3/b28-20-/t21?,22-/m0/s1. The minimum atomic E-state index is -0.370. The zero-order valence-corrected chi connectivity index (χ0v) is 18.6. The monoisotopic (exact) mass is 445 g/mol. The molecule has 170 valence electrons. The fourth-order valence-electron chi connectivity index (χ4n) is 4.53. The number of hydrogen-bond acceptors (Lipinski definition) is 7. The summed E-state index contributed by atoms with van der Waals surface area (Å²) in [7, 11) is 1.51. The van der Waals surface area contributed by atoms with E-state index in [2.05, 4.69) is 32.7 Å². The summed E-state index contributed by atoms with van der Waals surface area (Å²) in [6.45, 7) is 1.31. The minimum Gasteiger partial charge on any atom is -0.399 e. The van der Waals surface area contributed by atoms with Crippen LogP contribution in [-0.2, 0) is 4.84 Å². The lowest BCUT2D eigenvalue weighted by molar-refractivity contribution is 0.0713. The Hall–Kier alpha value is -3.52. The van der Waals surface area contributed by atoms with E-state index < -0.39 is 0 Å². The first-order valence-corrected chi connectivity index (χ1v) is 11.3. The number of oxime groups is 1. The van der Waals surface area contributed by atoms with Crippen LogP contribution in [0.4, 0.5) is 0 Å². The SMILES string of the molecule is CO/N=C1/C[C@@H](c2nc(C3CCCCN3)no2)N(C(=O)c2ccc(-c3ccccc3)cc2)C1. The Morgan fingerprint density at radius 3 is 2.64 bits per heavy atom. The molecule has 2 fully saturated rings. The summed E-state index contributed by atoms with van der Waals surface area (Å²) in [6.07, 6.45) is 3.78. The second-order valence-corrected chi connectivity index (χ2v) is 8.43. The van der Waals surface area contributed by atoms with Crippen LogP contribution in [0.25, 0.3) is 11.1 Å². The molecule has 8 heteroatoms. The number of carbonyl (C=O) groups excluding carboxylic acids is 1. The third kappa shape index (κ3) is 4.52. The Labute approximate surface area is 192 Å². The van der Waals surface area contributed by atoms with Crippen LogP contribution < -0.4 is 5.32 Å². The van der Waals surface area contributed by atoms with Crippen molar-refractivity contribution in [3.05, 3.63) is 71.9 Å². The van der Waals surface area contributed by atoms with Gasteiger partial charge in [0.2, 0.25) is 5.89 Å². The maximum absolute atomic E-state index is 13.5. The van der Waals surface area contributed by atoms with Gasteiger partial charge < -0.3 is 19.6 Å². The van der Waals surface area contributed by atoms with E-state index in [-0.39, 0.29) is 18.0 Å². The number of rotatable bonds is 5. The molecule has 3 heterocycles. The molecule has 2 aliphatic heterocycles. The fraction of sp³-hybridized carbons (Fsp3) is 0.360. The first kappa shape index (κ1) is 21.3. The molecule has 33 heavy (non-hydrogen) atoms. The van der Waals surface area contributed by atoms with E-state index >= 15 is 0 Å². The van der Waals surface area contributed by atoms with Gasteiger partial charge in [-0.3, -0.25) is 4.79 Å². The molecule has 5 rings (SSSR count). The lowest BCUT2D eigenvalue weighted by Crippen LogP contribution is -2.31. The molecular formula is C25H27N5O3. The quantitative estimate of drug-likeness (QED) is 0.594. The molecule has 2 aromatic carbocycles. The Morgan fingerprint density at radius 2 is 1.91 bits per heavy atom. The van der Waals surface area contributed by atoms with Gasteiger partial charge in [-0.25, -0.2) is 0 Å². The minimum absolute atomic E-state index is 0.0967. The molecule has 0 aliphatic carbocycles. The van der Waals surface area contributed by atoms with E-state index in [0.717, 1.165) is 42.6 Å². The van der Waals surface area contributed by atoms with Gasteiger partial charge in [0.05, 0.1) is 18.3 Å². The number of aromatic nitrogens is 2. The van der Waals surface area contributed by atoms with E-state index in [1.165, 1.54) is 7.11 Å². The van der Waals surface area contributed by atoms with Crippen molar-refractivity contribution in [2.75, 3.05) is 20.2 Å². The summed E-state index contributed by atoms with van der Waals surface area (Å²) in [5.74, 6) is 0.992. The summed E-state index contributed by atoms with van der Waals surface area (Å²) in [6, 6.07) is 17.5. The molecule has 8 nitrogen and oxygen atoms in total. The van der Waals surface area contributed by atoms with Gasteiger partial charge in [-0.15, -0.1) is 0 Å². The van der Waals surface area contributed by atoms with Gasteiger partial charge in [0.25, 0.3) is 5.91 Å². The number of piperidine rings is 1. The van der Waals surface area contributed by atoms with Gasteiger partial charge in [-0.05, 0) is 42.6 Å². The van der Waals surface area contributed by atoms with E-state index in [1.54, 1.807) is 4.90 Å². The smallest absolute Gasteiger partial charge is 0.254 e. The molecule has 1 aromatic heterocycles. The highest BCUT2D eigenvalue weighted by atomic mass is 16.6. The lowest BCUT2D eigenvalue weighted by atomic mass is 10.0. The van der Waals surface area contributed by atoms with Crippen molar-refractivity contribution in [1.29, 1.82) is 0 Å². The molecule has 0 bridgehead atoms. The lowest BCUT2D eigenvalue weighted by Gasteiger charge is -2.22. The van der Waals surface area contributed by atoms with Crippen LogP contribution >= 0.6 is 0 Å². The molecule has 2 aliphatic rings. The van der Waals surface area contributed by atoms with E-state index in [9.17, 15) is 4.79 Å². The number of amides is 1. The highest BCUT2D eigenvalue weighted by molar-refractivity contribution is 6.00. The molecule has 3 aromatic rings. The second kappa shape index (κ2) is 9.54. The second-order valence-electron chi connectivity index (χ2n) is 8.43. The number of carbonyl (C=O) groups is 1. The first-order valence-electron chi connectivity index (χ1n) is 11.3. The van der Waals surface area contributed by atoms with Crippen LogP contribution in [0.5, 0.6) is 0 Å². The van der Waals surface area contributed by atoms with Crippen LogP contribution in [-0.4, -0.2) is 46.9 Å². The normalized spacial score (nSPS) is 22.0. The van der Waals surface area contributed by atoms with Crippen LogP contribution in [0.2, 0.25) is 0 Å². The third-order valence-electron chi connectivity index (χ3n) is 6.24. The third-order valence-corrected chi connectivity index (χ3v) is 6.24. The molecule has 1 N–H and O–H groups in total. The average molecular weight is 446 g/mol. The average Bonchev–Trinajstić information content (AvgIpc) is 3.53. The number of nitrogens with zero attached hydrogens (tertiary/aromatic N) is 4. The summed E-state index contributed by atoms with van der Waals surface area (Å²) in [4.78, 5) is 24.8. The Bertz CT molecular complexity index is 1120. The maximum atomic E-state index is 13.5. The van der Waals surface area contributed by atoms with E-state index in [4.69, 9.17) is 9.36 Å². The van der Waals surface area contributed by atoms with Crippen molar-refractivity contribution in [2.24, 2.45) is 5.16 Å². The van der Waals surface area contributed by atoms with Crippen LogP contribution in [0.15, 0.2) is 64.3 Å². The Balaban J connectivity index is 1.38. The summed E-state index contributed by atoms with van der Waals surface area (Å²) >= 11 is 0. The highest BCUT2D eigenvalue weighted by Gasteiger charge is 2.39. The topological polar surface area (TPSA) is 92.8 Å². The maximum Gasteiger partial charge on any atom is 0.254 e. The molecule has 1 amide bonds. The molecule has 2 saturated heterocycles. The van der Waals surface area contributed by atoms with Gasteiger partial charge in [0, 0.05) is 12.0 Å². The first-order chi connectivity index (χ1) is 16.2. The van der Waals surface area contributed by atoms with Gasteiger partial charge in [-0.2, -0.15) is 4.98 Å². The van der Waals surface area contributed by atoms with Gasteiger partial charge in [-0.1, -0.05) is 59.2 Å². The van der Waals surface area contributed by atoms with E-state index in [1.807, 2.05) is 42.5 Å². The van der Waals surface area contributed by atoms with Crippen molar-refractivity contribution in [3.8, 4) is 11.1 Å². The number of nitrogens with one attached hydrogen (secondary N) is 1. The van der Waals surface area contributed by atoms with Crippen molar-refractivity contribution in [3.63, 3.8) is 0 Å².